The Hall–Kier alpha value is -20.2. The van der Waals surface area contributed by atoms with E-state index in [0.29, 0.717) is 17.5 Å². The molecule has 688 valence electrons. The molecular weight excluding hydrogens is 1810 g/mol. The Bertz CT molecular complexity index is 9590. The van der Waals surface area contributed by atoms with Gasteiger partial charge in [-0.1, -0.05) is 315 Å². The van der Waals surface area contributed by atoms with Crippen molar-refractivity contribution in [3.05, 3.63) is 498 Å². The van der Waals surface area contributed by atoms with Gasteiger partial charge in [0, 0.05) is 157 Å². The lowest BCUT2D eigenvalue weighted by Crippen LogP contribution is -1.97. The molecule has 0 amide bonds. The van der Waals surface area contributed by atoms with Gasteiger partial charge in [-0.05, 0) is 212 Å². The molecule has 0 atom stereocenters. The normalized spacial score (nSPS) is 11.8. The van der Waals surface area contributed by atoms with Crippen LogP contribution in [0.5, 0.6) is 0 Å². The van der Waals surface area contributed by atoms with Crippen LogP contribution in [0.1, 0.15) is 0 Å². The van der Waals surface area contributed by atoms with Crippen molar-refractivity contribution >= 4 is 152 Å². The molecule has 0 aliphatic heterocycles. The SMILES string of the molecule is c1ccc2oc(-c3ccc(-n4c5cccc6ccc7cccc4c7c65)cc3)nc2c1.c1cnc2c(-c3ccc(-c4cc(-c5ccc(-c6cccc7cccnc67)cc5)nc(-c5ccc(-n6c7cccc8ccc9cccc6c9c87)cc5)n4)cc3)cccc2c1.c1cnc2c(-c3ccc(-c4cc(-c5ccc(-c6cccc7cccnc67)cc5)nc(-c5ccc(-n6c7cccc8ccc9cccc6c9c87)cc5)n4)cc3)cccc2c1. The summed E-state index contributed by atoms with van der Waals surface area (Å²) in [6.45, 7) is 0. The number of oxazole rings is 1. The Labute approximate surface area is 848 Å². The molecule has 0 saturated carbocycles. The smallest absolute Gasteiger partial charge is 0.227 e. The monoisotopic (exact) mass is 1890 g/mol. The summed E-state index contributed by atoms with van der Waals surface area (Å²) in [5.74, 6) is 1.99. The van der Waals surface area contributed by atoms with Crippen LogP contribution in [0.15, 0.2) is 502 Å². The molecule has 0 aliphatic carbocycles. The van der Waals surface area contributed by atoms with Crippen LogP contribution in [0, 0.1) is 0 Å². The number of benzene rings is 21. The van der Waals surface area contributed by atoms with Crippen molar-refractivity contribution in [3.8, 4) is 141 Å². The van der Waals surface area contributed by atoms with E-state index in [1.165, 1.54) is 97.7 Å². The zero-order chi connectivity index (χ0) is 97.4. The van der Waals surface area contributed by atoms with Gasteiger partial charge in [0.1, 0.15) is 5.52 Å². The predicted octanol–water partition coefficient (Wildman–Crippen LogP) is 34.4. The molecule has 0 radical (unpaired) electrons. The van der Waals surface area contributed by atoms with Gasteiger partial charge in [0.15, 0.2) is 17.2 Å². The number of aromatic nitrogens is 12. The Morgan fingerprint density at radius 1 is 0.169 bits per heavy atom. The molecule has 31 rings (SSSR count). The predicted molar refractivity (Wildman–Crippen MR) is 608 cm³/mol. The number of pyridine rings is 4. The van der Waals surface area contributed by atoms with Gasteiger partial charge in [0.2, 0.25) is 5.89 Å². The molecule has 148 heavy (non-hydrogen) atoms. The first-order valence-electron chi connectivity index (χ1n) is 49.8. The summed E-state index contributed by atoms with van der Waals surface area (Å²) >= 11 is 0. The molecule has 0 fully saturated rings. The van der Waals surface area contributed by atoms with Crippen LogP contribution >= 0.6 is 0 Å². The third-order valence-electron chi connectivity index (χ3n) is 29.4. The molecule has 13 nitrogen and oxygen atoms in total. The molecule has 13 heteroatoms. The number of para-hydroxylation sites is 6. The first-order chi connectivity index (χ1) is 73.3. The fourth-order valence-electron chi connectivity index (χ4n) is 22.3. The maximum Gasteiger partial charge on any atom is 0.227 e. The van der Waals surface area contributed by atoms with Crippen molar-refractivity contribution in [1.82, 2.24) is 58.6 Å². The molecule has 10 heterocycles. The lowest BCUT2D eigenvalue weighted by molar-refractivity contribution is 0.620. The fourth-order valence-corrected chi connectivity index (χ4v) is 22.3. The van der Waals surface area contributed by atoms with Crippen molar-refractivity contribution in [1.29, 1.82) is 0 Å². The first-order valence-corrected chi connectivity index (χ1v) is 49.8. The van der Waals surface area contributed by atoms with E-state index in [1.807, 2.05) is 73.3 Å². The van der Waals surface area contributed by atoms with E-state index in [2.05, 4.69) is 443 Å². The number of fused-ring (bicyclic) bond motifs is 5. The molecular formula is C135H82N12O. The molecule has 31 aromatic rings. The van der Waals surface area contributed by atoms with Gasteiger partial charge in [-0.2, -0.15) is 0 Å². The van der Waals surface area contributed by atoms with Crippen LogP contribution in [0.2, 0.25) is 0 Å². The van der Waals surface area contributed by atoms with Crippen LogP contribution in [0.25, 0.3) is 293 Å². The molecule has 0 unspecified atom stereocenters. The highest BCUT2D eigenvalue weighted by molar-refractivity contribution is 6.27. The molecule has 0 aliphatic rings. The zero-order valence-corrected chi connectivity index (χ0v) is 79.6. The average Bonchev–Trinajstić information content (AvgIpc) is 1.57. The van der Waals surface area contributed by atoms with Gasteiger partial charge < -0.3 is 18.1 Å². The van der Waals surface area contributed by atoms with E-state index < -0.39 is 0 Å². The summed E-state index contributed by atoms with van der Waals surface area (Å²) in [6, 6.07) is 167. The van der Waals surface area contributed by atoms with E-state index in [0.717, 1.165) is 178 Å². The molecule has 0 bridgehead atoms. The Morgan fingerprint density at radius 3 is 0.669 bits per heavy atom. The Morgan fingerprint density at radius 2 is 0.399 bits per heavy atom. The molecule has 10 aromatic heterocycles. The minimum atomic E-state index is 0.650. The second kappa shape index (κ2) is 34.9. The fraction of sp³-hybridized carbons (Fsp3) is 0. The van der Waals surface area contributed by atoms with Gasteiger partial charge >= 0.3 is 0 Å². The molecule has 21 aromatic carbocycles. The van der Waals surface area contributed by atoms with Crippen LogP contribution in [-0.2, 0) is 0 Å². The lowest BCUT2D eigenvalue weighted by Gasteiger charge is -2.12. The third-order valence-corrected chi connectivity index (χ3v) is 29.4. The third kappa shape index (κ3) is 14.5. The van der Waals surface area contributed by atoms with Gasteiger partial charge in [0.25, 0.3) is 0 Å². The summed E-state index contributed by atoms with van der Waals surface area (Å²) in [7, 11) is 0. The van der Waals surface area contributed by atoms with Crippen molar-refractivity contribution in [2.24, 2.45) is 0 Å². The van der Waals surface area contributed by atoms with Crippen LogP contribution in [-0.4, -0.2) is 58.6 Å². The second-order valence-electron chi connectivity index (χ2n) is 37.8. The molecule has 0 N–H and O–H groups in total. The number of rotatable bonds is 14. The topological polar surface area (TPSA) is 144 Å². The van der Waals surface area contributed by atoms with Gasteiger partial charge in [-0.15, -0.1) is 0 Å². The summed E-state index contributed by atoms with van der Waals surface area (Å²) < 4.78 is 13.0. The Balaban J connectivity index is 0.000000110. The lowest BCUT2D eigenvalue weighted by atomic mass is 9.98. The minimum absolute atomic E-state index is 0.650. The summed E-state index contributed by atoms with van der Waals surface area (Å²) in [5.41, 5.74) is 35.4. The average molecular weight is 1890 g/mol. The summed E-state index contributed by atoms with van der Waals surface area (Å²) in [5, 5.41) is 19.9. The van der Waals surface area contributed by atoms with Gasteiger partial charge in [-0.25, -0.2) is 24.9 Å². The van der Waals surface area contributed by atoms with Gasteiger partial charge in [-0.3, -0.25) is 19.9 Å². The maximum absolute atomic E-state index is 5.94. The van der Waals surface area contributed by atoms with E-state index in [-0.39, 0.29) is 0 Å². The summed E-state index contributed by atoms with van der Waals surface area (Å²) in [6.07, 6.45) is 7.42. The number of nitrogens with zero attached hydrogens (tertiary/aromatic N) is 12. The minimum Gasteiger partial charge on any atom is -0.436 e. The van der Waals surface area contributed by atoms with Crippen molar-refractivity contribution in [3.63, 3.8) is 0 Å². The highest BCUT2D eigenvalue weighted by Crippen LogP contribution is 2.46. The first kappa shape index (κ1) is 84.7. The quantitative estimate of drug-likeness (QED) is 0.0965. The largest absolute Gasteiger partial charge is 0.436 e. The highest BCUT2D eigenvalue weighted by Gasteiger charge is 2.25. The van der Waals surface area contributed by atoms with Crippen LogP contribution in [0.3, 0.4) is 0 Å². The maximum atomic E-state index is 5.94. The van der Waals surface area contributed by atoms with E-state index in [4.69, 9.17) is 44.3 Å². The molecule has 0 saturated heterocycles. The van der Waals surface area contributed by atoms with Crippen LogP contribution in [0.4, 0.5) is 0 Å². The molecule has 0 spiro atoms. The van der Waals surface area contributed by atoms with Crippen molar-refractivity contribution in [2.75, 3.05) is 0 Å². The van der Waals surface area contributed by atoms with E-state index >= 15 is 0 Å². The van der Waals surface area contributed by atoms with Crippen LogP contribution < -0.4 is 0 Å². The van der Waals surface area contributed by atoms with Crippen molar-refractivity contribution < 1.29 is 4.42 Å². The summed E-state index contributed by atoms with van der Waals surface area (Å²) in [4.78, 5) is 44.3. The standard InChI is InChI=1S/2C54H33N5.C27H16N2O/c2*1-9-40-11-5-31-55-52(40)44(13-1)34-17-21-36(22-18-34)46-33-47(37-23-19-35(20-24-37)45-14-2-10-41-12-6-32-56-53(41)45)58-54(57-46)42-27-29-43(30-28-42)59-48-15-3-7-38-25-26-39-8-4-16-49(59)51(39)50(38)48;1-2-10-24-21(7-1)28-27(30-24)19-13-15-20(16-14-19)29-22-8-3-5-17-11-12-18-6-4-9-23(29)26(18)25(17)22/h2*1-33H;1-16H. The van der Waals surface area contributed by atoms with Crippen molar-refractivity contribution in [2.45, 2.75) is 0 Å². The highest BCUT2D eigenvalue weighted by atomic mass is 16.3. The zero-order valence-electron chi connectivity index (χ0n) is 79.6. The number of hydrogen-bond acceptors (Lipinski definition) is 10. The second-order valence-corrected chi connectivity index (χ2v) is 37.8. The van der Waals surface area contributed by atoms with E-state index in [1.54, 1.807) is 0 Å². The van der Waals surface area contributed by atoms with E-state index in [9.17, 15) is 0 Å². The van der Waals surface area contributed by atoms with Gasteiger partial charge in [0.05, 0.1) is 77.9 Å². The number of hydrogen-bond donors (Lipinski definition) is 0. The Kier molecular flexibility index (Phi) is 20.0.